The number of piperidine rings is 1. The third-order valence-electron chi connectivity index (χ3n) is 6.51. The Morgan fingerprint density at radius 3 is 2.32 bits per heavy atom. The Bertz CT molecular complexity index is 1310. The highest BCUT2D eigenvalue weighted by atomic mass is 32.2. The molecule has 0 aromatic heterocycles. The third kappa shape index (κ3) is 6.82. The van der Waals surface area contributed by atoms with Gasteiger partial charge < -0.3 is 9.64 Å². The lowest BCUT2D eigenvalue weighted by atomic mass is 10.0. The van der Waals surface area contributed by atoms with Gasteiger partial charge >= 0.3 is 6.09 Å². The number of nitrogens with one attached hydrogen (secondary N) is 1. The lowest BCUT2D eigenvalue weighted by molar-refractivity contribution is 0.0581. The summed E-state index contributed by atoms with van der Waals surface area (Å²) < 4.78 is 32.6. The molecule has 1 heterocycles. The van der Waals surface area contributed by atoms with E-state index in [1.807, 2.05) is 54.6 Å². The van der Waals surface area contributed by atoms with Crippen LogP contribution in [0.3, 0.4) is 0 Å². The van der Waals surface area contributed by atoms with E-state index in [0.29, 0.717) is 56.6 Å². The molecule has 1 saturated heterocycles. The standard InChI is InChI=1S/C28H31N3O5S/c1-30(37(34,35)25-13-11-22(21-32)12-14-25)19-20-31-17-15-24(16-18-31)36-28(33)29-27-10-6-5-9-26(27)23-7-3-2-4-8-23/h2-14,21,24H,15-20H2,1H3,(H,29,33). The zero-order valence-corrected chi connectivity index (χ0v) is 21.6. The number of ether oxygens (including phenoxy) is 1. The second kappa shape index (κ2) is 12.1. The highest BCUT2D eigenvalue weighted by Gasteiger charge is 2.25. The van der Waals surface area contributed by atoms with Crippen molar-refractivity contribution in [2.75, 3.05) is 38.5 Å². The molecule has 1 amide bonds. The Morgan fingerprint density at radius 1 is 1.00 bits per heavy atom. The van der Waals surface area contributed by atoms with Crippen molar-refractivity contribution >= 4 is 28.1 Å². The summed E-state index contributed by atoms with van der Waals surface area (Å²) in [6.07, 6.45) is 1.36. The quantitative estimate of drug-likeness (QED) is 0.417. The van der Waals surface area contributed by atoms with E-state index in [1.165, 1.54) is 28.6 Å². The Hall–Kier alpha value is -3.53. The van der Waals surface area contributed by atoms with Gasteiger partial charge in [-0.3, -0.25) is 10.1 Å². The number of anilines is 1. The molecule has 1 aliphatic rings. The zero-order valence-electron chi connectivity index (χ0n) is 20.7. The average Bonchev–Trinajstić information content (AvgIpc) is 2.93. The average molecular weight is 522 g/mol. The lowest BCUT2D eigenvalue weighted by Crippen LogP contribution is -2.42. The van der Waals surface area contributed by atoms with Crippen LogP contribution in [0.5, 0.6) is 0 Å². The molecule has 0 atom stereocenters. The first-order valence-electron chi connectivity index (χ1n) is 12.2. The van der Waals surface area contributed by atoms with Gasteiger partial charge in [0.2, 0.25) is 10.0 Å². The summed E-state index contributed by atoms with van der Waals surface area (Å²) >= 11 is 0. The first-order valence-corrected chi connectivity index (χ1v) is 13.7. The number of sulfonamides is 1. The van der Waals surface area contributed by atoms with Crippen LogP contribution in [-0.4, -0.2) is 69.3 Å². The summed E-state index contributed by atoms with van der Waals surface area (Å²) in [5, 5.41) is 2.88. The molecule has 0 radical (unpaired) electrons. The SMILES string of the molecule is CN(CCN1CCC(OC(=O)Nc2ccccc2-c2ccccc2)CC1)S(=O)(=O)c1ccc(C=O)cc1. The molecule has 4 rings (SSSR count). The number of hydrogen-bond donors (Lipinski definition) is 1. The fourth-order valence-corrected chi connectivity index (χ4v) is 5.47. The molecular weight excluding hydrogens is 490 g/mol. The molecule has 1 aliphatic heterocycles. The van der Waals surface area contributed by atoms with Crippen LogP contribution in [0.15, 0.2) is 83.8 Å². The molecule has 3 aromatic carbocycles. The molecule has 9 heteroatoms. The summed E-state index contributed by atoms with van der Waals surface area (Å²) in [5.74, 6) is 0. The van der Waals surface area contributed by atoms with E-state index in [9.17, 15) is 18.0 Å². The number of nitrogens with zero attached hydrogens (tertiary/aromatic N) is 2. The van der Waals surface area contributed by atoms with Crippen molar-refractivity contribution in [1.82, 2.24) is 9.21 Å². The van der Waals surface area contributed by atoms with Crippen LogP contribution in [0.25, 0.3) is 11.1 Å². The molecular formula is C28H31N3O5S. The molecule has 8 nitrogen and oxygen atoms in total. The highest BCUT2D eigenvalue weighted by Crippen LogP contribution is 2.28. The molecule has 0 aliphatic carbocycles. The number of hydrogen-bond acceptors (Lipinski definition) is 6. The highest BCUT2D eigenvalue weighted by molar-refractivity contribution is 7.89. The predicted molar refractivity (Wildman–Crippen MR) is 143 cm³/mol. The van der Waals surface area contributed by atoms with Gasteiger partial charge in [-0.15, -0.1) is 0 Å². The maximum absolute atomic E-state index is 12.8. The summed E-state index contributed by atoms with van der Waals surface area (Å²) in [4.78, 5) is 25.8. The number of likely N-dealkylation sites (tertiary alicyclic amines) is 1. The third-order valence-corrected chi connectivity index (χ3v) is 8.38. The van der Waals surface area contributed by atoms with Crippen molar-refractivity contribution < 1.29 is 22.7 Å². The van der Waals surface area contributed by atoms with Crippen LogP contribution in [0.1, 0.15) is 23.2 Å². The normalized spacial score (nSPS) is 14.9. The van der Waals surface area contributed by atoms with Crippen molar-refractivity contribution in [1.29, 1.82) is 0 Å². The number of aldehydes is 1. The van der Waals surface area contributed by atoms with Crippen molar-refractivity contribution in [3.05, 3.63) is 84.4 Å². The molecule has 3 aromatic rings. The fraction of sp³-hybridized carbons (Fsp3) is 0.286. The van der Waals surface area contributed by atoms with Crippen molar-refractivity contribution in [3.63, 3.8) is 0 Å². The Balaban J connectivity index is 1.24. The number of rotatable bonds is 9. The van der Waals surface area contributed by atoms with Crippen LogP contribution in [0.4, 0.5) is 10.5 Å². The van der Waals surface area contributed by atoms with Gasteiger partial charge in [0, 0.05) is 44.4 Å². The number of carbonyl (C=O) groups is 2. The maximum Gasteiger partial charge on any atom is 0.411 e. The smallest absolute Gasteiger partial charge is 0.411 e. The molecule has 0 bridgehead atoms. The molecule has 1 N–H and O–H groups in total. The van der Waals surface area contributed by atoms with Crippen molar-refractivity contribution in [2.45, 2.75) is 23.8 Å². The molecule has 194 valence electrons. The molecule has 0 spiro atoms. The van der Waals surface area contributed by atoms with E-state index in [-0.39, 0.29) is 11.0 Å². The molecule has 0 unspecified atom stereocenters. The van der Waals surface area contributed by atoms with E-state index in [2.05, 4.69) is 10.2 Å². The Labute approximate surface area is 217 Å². The number of benzene rings is 3. The van der Waals surface area contributed by atoms with Gasteiger partial charge in [-0.2, -0.15) is 4.31 Å². The van der Waals surface area contributed by atoms with E-state index in [0.717, 1.165) is 11.1 Å². The first-order chi connectivity index (χ1) is 17.9. The van der Waals surface area contributed by atoms with Gasteiger partial charge in [0.05, 0.1) is 10.6 Å². The lowest BCUT2D eigenvalue weighted by Gasteiger charge is -2.32. The second-order valence-electron chi connectivity index (χ2n) is 9.00. The van der Waals surface area contributed by atoms with Gasteiger partial charge in [0.15, 0.2) is 0 Å². The summed E-state index contributed by atoms with van der Waals surface area (Å²) in [5.41, 5.74) is 3.06. The van der Waals surface area contributed by atoms with Crippen LogP contribution >= 0.6 is 0 Å². The molecule has 37 heavy (non-hydrogen) atoms. The number of carbonyl (C=O) groups excluding carboxylic acids is 2. The number of para-hydroxylation sites is 1. The minimum atomic E-state index is -3.63. The van der Waals surface area contributed by atoms with Crippen LogP contribution in [-0.2, 0) is 14.8 Å². The van der Waals surface area contributed by atoms with Gasteiger partial charge in [-0.05, 0) is 36.6 Å². The van der Waals surface area contributed by atoms with Crippen LogP contribution < -0.4 is 5.32 Å². The topological polar surface area (TPSA) is 96.0 Å². The van der Waals surface area contributed by atoms with Crippen molar-refractivity contribution in [3.8, 4) is 11.1 Å². The maximum atomic E-state index is 12.8. The monoisotopic (exact) mass is 521 g/mol. The largest absolute Gasteiger partial charge is 0.446 e. The van der Waals surface area contributed by atoms with E-state index >= 15 is 0 Å². The fourth-order valence-electron chi connectivity index (χ4n) is 4.30. The molecule has 0 saturated carbocycles. The predicted octanol–water partition coefficient (Wildman–Crippen LogP) is 4.50. The van der Waals surface area contributed by atoms with Gasteiger partial charge in [0.1, 0.15) is 12.4 Å². The van der Waals surface area contributed by atoms with Gasteiger partial charge in [0.25, 0.3) is 0 Å². The second-order valence-corrected chi connectivity index (χ2v) is 11.0. The summed E-state index contributed by atoms with van der Waals surface area (Å²) in [6, 6.07) is 23.3. The van der Waals surface area contributed by atoms with Crippen LogP contribution in [0, 0.1) is 0 Å². The minimum absolute atomic E-state index is 0.160. The van der Waals surface area contributed by atoms with Gasteiger partial charge in [-0.25, -0.2) is 13.2 Å². The molecule has 1 fully saturated rings. The Kier molecular flexibility index (Phi) is 8.70. The van der Waals surface area contributed by atoms with Crippen molar-refractivity contribution in [2.24, 2.45) is 0 Å². The van der Waals surface area contributed by atoms with E-state index in [1.54, 1.807) is 7.05 Å². The number of amides is 1. The first kappa shape index (κ1) is 26.5. The Morgan fingerprint density at radius 2 is 1.65 bits per heavy atom. The summed E-state index contributed by atoms with van der Waals surface area (Å²) in [6.45, 7) is 2.33. The van der Waals surface area contributed by atoms with E-state index < -0.39 is 16.1 Å². The van der Waals surface area contributed by atoms with Gasteiger partial charge in [-0.1, -0.05) is 60.7 Å². The number of likely N-dealkylation sites (N-methyl/N-ethyl adjacent to an activating group) is 1. The van der Waals surface area contributed by atoms with Crippen LogP contribution in [0.2, 0.25) is 0 Å². The van der Waals surface area contributed by atoms with E-state index in [4.69, 9.17) is 4.74 Å². The summed E-state index contributed by atoms with van der Waals surface area (Å²) in [7, 11) is -2.08. The zero-order chi connectivity index (χ0) is 26.3. The minimum Gasteiger partial charge on any atom is -0.446 e.